The van der Waals surface area contributed by atoms with Crippen LogP contribution in [-0.2, 0) is 13.1 Å². The third kappa shape index (κ3) is 4.51. The zero-order chi connectivity index (χ0) is 22.7. The van der Waals surface area contributed by atoms with Gasteiger partial charge in [-0.25, -0.2) is 14.4 Å². The lowest BCUT2D eigenvalue weighted by atomic mass is 10.1. The molecule has 1 saturated heterocycles. The molecule has 1 aromatic carbocycles. The molecule has 166 valence electrons. The molecule has 0 radical (unpaired) electrons. The number of carbonyl (C=O) groups is 2. The average molecular weight is 436 g/mol. The molecule has 2 amide bonds. The van der Waals surface area contributed by atoms with Gasteiger partial charge in [-0.2, -0.15) is 5.10 Å². The number of carbonyl (C=O) groups excluding carboxylic acids is 2. The van der Waals surface area contributed by atoms with E-state index in [1.54, 1.807) is 40.9 Å². The van der Waals surface area contributed by atoms with Crippen LogP contribution in [0.3, 0.4) is 0 Å². The van der Waals surface area contributed by atoms with E-state index in [0.29, 0.717) is 35.9 Å². The second kappa shape index (κ2) is 9.25. The van der Waals surface area contributed by atoms with Gasteiger partial charge in [0.05, 0.1) is 17.3 Å². The molecule has 0 saturated carbocycles. The minimum absolute atomic E-state index is 0.137. The largest absolute Gasteiger partial charge is 0.348 e. The first-order chi connectivity index (χ1) is 15.5. The van der Waals surface area contributed by atoms with Gasteiger partial charge in [-0.05, 0) is 50.5 Å². The summed E-state index contributed by atoms with van der Waals surface area (Å²) in [4.78, 5) is 36.3. The summed E-state index contributed by atoms with van der Waals surface area (Å²) in [7, 11) is 0. The third-order valence-electron chi connectivity index (χ3n) is 5.60. The van der Waals surface area contributed by atoms with Gasteiger partial charge < -0.3 is 10.2 Å². The van der Waals surface area contributed by atoms with Crippen molar-refractivity contribution in [3.63, 3.8) is 0 Å². The third-order valence-corrected chi connectivity index (χ3v) is 5.60. The summed E-state index contributed by atoms with van der Waals surface area (Å²) in [5, 5.41) is 7.12. The van der Waals surface area contributed by atoms with Crippen LogP contribution in [-0.4, -0.2) is 43.0 Å². The molecule has 3 heterocycles. The van der Waals surface area contributed by atoms with E-state index < -0.39 is 0 Å². The fourth-order valence-electron chi connectivity index (χ4n) is 3.83. The zero-order valence-electron chi connectivity index (χ0n) is 18.1. The van der Waals surface area contributed by atoms with Crippen molar-refractivity contribution in [3.8, 4) is 0 Å². The molecule has 8 nitrogen and oxygen atoms in total. The Labute approximate surface area is 185 Å². The number of hydrogen-bond donors (Lipinski definition) is 1. The van der Waals surface area contributed by atoms with E-state index in [1.807, 2.05) is 6.92 Å². The van der Waals surface area contributed by atoms with Crippen LogP contribution in [0.5, 0.6) is 0 Å². The van der Waals surface area contributed by atoms with Gasteiger partial charge in [0, 0.05) is 32.0 Å². The highest BCUT2D eigenvalue weighted by atomic mass is 19.1. The van der Waals surface area contributed by atoms with Crippen molar-refractivity contribution in [1.29, 1.82) is 0 Å². The molecule has 1 fully saturated rings. The Bertz CT molecular complexity index is 1130. The van der Waals surface area contributed by atoms with Gasteiger partial charge >= 0.3 is 0 Å². The van der Waals surface area contributed by atoms with Gasteiger partial charge in [-0.15, -0.1) is 0 Å². The van der Waals surface area contributed by atoms with Gasteiger partial charge in [-0.3, -0.25) is 14.3 Å². The van der Waals surface area contributed by atoms with E-state index in [-0.39, 0.29) is 30.2 Å². The minimum Gasteiger partial charge on any atom is -0.348 e. The maximum absolute atomic E-state index is 13.0. The number of likely N-dealkylation sites (tertiary alicyclic amines) is 1. The van der Waals surface area contributed by atoms with Crippen molar-refractivity contribution in [2.75, 3.05) is 6.54 Å². The highest BCUT2D eigenvalue weighted by Crippen LogP contribution is 2.31. The number of amides is 2. The Balaban J connectivity index is 1.46. The summed E-state index contributed by atoms with van der Waals surface area (Å²) >= 11 is 0. The normalized spacial score (nSPS) is 15.7. The van der Waals surface area contributed by atoms with Crippen LogP contribution < -0.4 is 5.32 Å². The van der Waals surface area contributed by atoms with E-state index in [1.165, 1.54) is 18.3 Å². The summed E-state index contributed by atoms with van der Waals surface area (Å²) in [5.41, 5.74) is 2.11. The second-order valence-electron chi connectivity index (χ2n) is 7.75. The molecule has 2 aromatic heterocycles. The Kier molecular flexibility index (Phi) is 6.25. The Morgan fingerprint density at radius 3 is 2.69 bits per heavy atom. The minimum atomic E-state index is -0.321. The van der Waals surface area contributed by atoms with Crippen LogP contribution in [0.15, 0.2) is 42.7 Å². The maximum atomic E-state index is 13.0. The predicted molar refractivity (Wildman–Crippen MR) is 115 cm³/mol. The van der Waals surface area contributed by atoms with Crippen LogP contribution in [0.1, 0.15) is 63.7 Å². The van der Waals surface area contributed by atoms with Crippen molar-refractivity contribution >= 4 is 11.8 Å². The van der Waals surface area contributed by atoms with E-state index >= 15 is 0 Å². The fraction of sp³-hybridized carbons (Fsp3) is 0.348. The number of benzene rings is 1. The van der Waals surface area contributed by atoms with Crippen molar-refractivity contribution in [1.82, 2.24) is 30.0 Å². The summed E-state index contributed by atoms with van der Waals surface area (Å²) < 4.78 is 14.7. The van der Waals surface area contributed by atoms with Crippen LogP contribution in [0, 0.1) is 12.7 Å². The molecular formula is C23H25FN6O2. The lowest BCUT2D eigenvalue weighted by molar-refractivity contribution is 0.0722. The van der Waals surface area contributed by atoms with Crippen LogP contribution in [0.25, 0.3) is 0 Å². The van der Waals surface area contributed by atoms with Crippen LogP contribution in [0.4, 0.5) is 4.39 Å². The standard InChI is InChI=1S/C23H25FN6O2/c1-3-29-12-10-19(28-29)23(32)30-11-4-5-20(30)21-25-14-18(15(2)27-21)22(31)26-13-16-6-8-17(24)9-7-16/h6-10,12,14,20H,3-5,11,13H2,1-2H3,(H,26,31). The molecule has 3 aromatic rings. The van der Waals surface area contributed by atoms with Crippen molar-refractivity contribution < 1.29 is 14.0 Å². The van der Waals surface area contributed by atoms with Crippen molar-refractivity contribution in [2.24, 2.45) is 0 Å². The van der Waals surface area contributed by atoms with E-state index in [0.717, 1.165) is 18.4 Å². The molecule has 0 spiro atoms. The number of halogens is 1. The molecule has 0 bridgehead atoms. The Hall–Kier alpha value is -3.62. The molecule has 1 atom stereocenters. The van der Waals surface area contributed by atoms with Gasteiger partial charge in [0.1, 0.15) is 11.5 Å². The van der Waals surface area contributed by atoms with Gasteiger partial charge in [-0.1, -0.05) is 12.1 Å². The predicted octanol–water partition coefficient (Wildman–Crippen LogP) is 3.05. The molecule has 0 aliphatic carbocycles. The maximum Gasteiger partial charge on any atom is 0.274 e. The first-order valence-electron chi connectivity index (χ1n) is 10.7. The molecule has 9 heteroatoms. The molecule has 4 rings (SSSR count). The second-order valence-corrected chi connectivity index (χ2v) is 7.75. The van der Waals surface area contributed by atoms with Crippen molar-refractivity contribution in [2.45, 2.75) is 45.8 Å². The summed E-state index contributed by atoms with van der Waals surface area (Å²) in [6, 6.07) is 7.43. The molecular weight excluding hydrogens is 411 g/mol. The van der Waals surface area contributed by atoms with Gasteiger partial charge in [0.2, 0.25) is 0 Å². The molecule has 1 aliphatic rings. The van der Waals surface area contributed by atoms with Gasteiger partial charge in [0.25, 0.3) is 11.8 Å². The lowest BCUT2D eigenvalue weighted by Crippen LogP contribution is -2.32. The van der Waals surface area contributed by atoms with Crippen LogP contribution >= 0.6 is 0 Å². The zero-order valence-corrected chi connectivity index (χ0v) is 18.1. The molecule has 32 heavy (non-hydrogen) atoms. The van der Waals surface area contributed by atoms with E-state index in [2.05, 4.69) is 20.4 Å². The van der Waals surface area contributed by atoms with Crippen LogP contribution in [0.2, 0.25) is 0 Å². The fourth-order valence-corrected chi connectivity index (χ4v) is 3.83. The van der Waals surface area contributed by atoms with E-state index in [4.69, 9.17) is 0 Å². The SMILES string of the molecule is CCn1ccc(C(=O)N2CCCC2c2ncc(C(=O)NCc3ccc(F)cc3)c(C)n2)n1. The molecule has 1 N–H and O–H groups in total. The number of rotatable bonds is 6. The average Bonchev–Trinajstić information content (AvgIpc) is 3.48. The number of nitrogens with zero attached hydrogens (tertiary/aromatic N) is 5. The number of nitrogens with one attached hydrogen (secondary N) is 1. The highest BCUT2D eigenvalue weighted by molar-refractivity contribution is 5.95. The highest BCUT2D eigenvalue weighted by Gasteiger charge is 2.33. The topological polar surface area (TPSA) is 93.0 Å². The van der Waals surface area contributed by atoms with E-state index in [9.17, 15) is 14.0 Å². The molecule has 1 aliphatic heterocycles. The quantitative estimate of drug-likeness (QED) is 0.641. The Morgan fingerprint density at radius 2 is 2.00 bits per heavy atom. The first kappa shape index (κ1) is 21.6. The first-order valence-corrected chi connectivity index (χ1v) is 10.7. The van der Waals surface area contributed by atoms with Crippen molar-refractivity contribution in [3.05, 3.63) is 76.9 Å². The summed E-state index contributed by atoms with van der Waals surface area (Å²) in [6.45, 7) is 5.31. The smallest absolute Gasteiger partial charge is 0.274 e. The monoisotopic (exact) mass is 436 g/mol. The summed E-state index contributed by atoms with van der Waals surface area (Å²) in [6.07, 6.45) is 4.91. The molecule has 1 unspecified atom stereocenters. The lowest BCUT2D eigenvalue weighted by Gasteiger charge is -2.23. The summed E-state index contributed by atoms with van der Waals surface area (Å²) in [5.74, 6) is -0.235. The Morgan fingerprint density at radius 1 is 1.22 bits per heavy atom. The van der Waals surface area contributed by atoms with Gasteiger partial charge in [0.15, 0.2) is 5.82 Å². The number of hydrogen-bond acceptors (Lipinski definition) is 5. The number of aryl methyl sites for hydroxylation is 2. The number of aromatic nitrogens is 4.